The smallest absolute Gasteiger partial charge is 0.240 e. The van der Waals surface area contributed by atoms with Crippen molar-refractivity contribution in [1.29, 1.82) is 0 Å². The average molecular weight is 476 g/mol. The SMILES string of the molecule is C[C@H](NS(=O)(=O)c1ccc(Cl)cc1)[C@H](c1cccs1)N1CCN(c2ccccc2)CC1. The molecule has 2 atom stereocenters. The number of rotatable bonds is 7. The van der Waals surface area contributed by atoms with Crippen LogP contribution in [0.15, 0.2) is 77.0 Å². The Labute approximate surface area is 193 Å². The number of sulfonamides is 1. The molecule has 4 rings (SSSR count). The minimum Gasteiger partial charge on any atom is -0.369 e. The second kappa shape index (κ2) is 9.71. The third-order valence-corrected chi connectivity index (χ3v) is 8.37. The highest BCUT2D eigenvalue weighted by Gasteiger charge is 2.32. The topological polar surface area (TPSA) is 52.7 Å². The minimum atomic E-state index is -3.65. The van der Waals surface area contributed by atoms with Crippen molar-refractivity contribution in [3.05, 3.63) is 82.0 Å². The first-order valence-corrected chi connectivity index (χ1v) is 13.0. The van der Waals surface area contributed by atoms with E-state index in [0.717, 1.165) is 26.2 Å². The summed E-state index contributed by atoms with van der Waals surface area (Å²) in [7, 11) is -3.65. The number of hydrogen-bond acceptors (Lipinski definition) is 5. The molecular weight excluding hydrogens is 450 g/mol. The van der Waals surface area contributed by atoms with E-state index in [0.29, 0.717) is 5.02 Å². The summed E-state index contributed by atoms with van der Waals surface area (Å²) in [4.78, 5) is 6.16. The van der Waals surface area contributed by atoms with Crippen molar-refractivity contribution in [2.75, 3.05) is 31.1 Å². The first kappa shape index (κ1) is 22.3. The molecule has 3 aromatic rings. The molecule has 2 aromatic carbocycles. The monoisotopic (exact) mass is 475 g/mol. The van der Waals surface area contributed by atoms with Crippen LogP contribution in [0.5, 0.6) is 0 Å². The quantitative estimate of drug-likeness (QED) is 0.541. The van der Waals surface area contributed by atoms with Crippen molar-refractivity contribution in [2.24, 2.45) is 0 Å². The second-order valence-electron chi connectivity index (χ2n) is 7.68. The lowest BCUT2D eigenvalue weighted by molar-refractivity contribution is 0.164. The van der Waals surface area contributed by atoms with Crippen LogP contribution in [0.2, 0.25) is 5.02 Å². The van der Waals surface area contributed by atoms with Crippen LogP contribution >= 0.6 is 22.9 Å². The molecule has 8 heteroatoms. The maximum atomic E-state index is 13.0. The van der Waals surface area contributed by atoms with Gasteiger partial charge in [0.25, 0.3) is 0 Å². The summed E-state index contributed by atoms with van der Waals surface area (Å²) in [5.41, 5.74) is 1.23. The molecule has 31 heavy (non-hydrogen) atoms. The standard InChI is InChI=1S/C23H26ClN3O2S2/c1-18(25-31(28,29)21-11-9-19(24)10-12-21)23(22-8-5-17-30-22)27-15-13-26(14-16-27)20-6-3-2-4-7-20/h2-12,17-18,23,25H,13-16H2,1H3/t18-,23+/m0/s1. The van der Waals surface area contributed by atoms with E-state index >= 15 is 0 Å². The molecule has 0 bridgehead atoms. The molecule has 2 heterocycles. The molecule has 0 unspecified atom stereocenters. The molecule has 1 saturated heterocycles. The average Bonchev–Trinajstić information content (AvgIpc) is 3.29. The van der Waals surface area contributed by atoms with Crippen molar-refractivity contribution in [3.63, 3.8) is 0 Å². The van der Waals surface area contributed by atoms with Crippen LogP contribution in [-0.4, -0.2) is 45.5 Å². The molecule has 0 saturated carbocycles. The maximum absolute atomic E-state index is 13.0. The number of benzene rings is 2. The molecule has 1 N–H and O–H groups in total. The fraction of sp³-hybridized carbons (Fsp3) is 0.304. The van der Waals surface area contributed by atoms with Crippen molar-refractivity contribution < 1.29 is 8.42 Å². The fourth-order valence-corrected chi connectivity index (χ4v) is 6.43. The molecule has 0 amide bonds. The van der Waals surface area contributed by atoms with Gasteiger partial charge < -0.3 is 4.90 Å². The first-order valence-electron chi connectivity index (χ1n) is 10.3. The maximum Gasteiger partial charge on any atom is 0.240 e. The van der Waals surface area contributed by atoms with E-state index in [2.05, 4.69) is 44.9 Å². The third kappa shape index (κ3) is 5.30. The van der Waals surface area contributed by atoms with E-state index in [1.165, 1.54) is 22.7 Å². The summed E-state index contributed by atoms with van der Waals surface area (Å²) in [6.45, 7) is 5.49. The van der Waals surface area contributed by atoms with Crippen LogP contribution in [0.3, 0.4) is 0 Å². The van der Waals surface area contributed by atoms with Crippen molar-refractivity contribution in [2.45, 2.75) is 23.9 Å². The Balaban J connectivity index is 1.50. The molecule has 5 nitrogen and oxygen atoms in total. The van der Waals surface area contributed by atoms with E-state index in [1.54, 1.807) is 23.5 Å². The summed E-state index contributed by atoms with van der Waals surface area (Å²) in [5, 5.41) is 2.56. The summed E-state index contributed by atoms with van der Waals surface area (Å²) in [5.74, 6) is 0. The Hall–Kier alpha value is -1.90. The van der Waals surface area contributed by atoms with E-state index in [4.69, 9.17) is 11.6 Å². The Morgan fingerprint density at radius 1 is 0.935 bits per heavy atom. The first-order chi connectivity index (χ1) is 14.9. The van der Waals surface area contributed by atoms with Crippen LogP contribution in [0, 0.1) is 0 Å². The van der Waals surface area contributed by atoms with Crippen LogP contribution in [0.4, 0.5) is 5.69 Å². The molecule has 0 aliphatic carbocycles. The molecule has 1 aliphatic heterocycles. The summed E-state index contributed by atoms with van der Waals surface area (Å²) >= 11 is 7.58. The van der Waals surface area contributed by atoms with Gasteiger partial charge in [-0.15, -0.1) is 11.3 Å². The van der Waals surface area contributed by atoms with Gasteiger partial charge in [0, 0.05) is 47.8 Å². The number of anilines is 1. The highest BCUT2D eigenvalue weighted by molar-refractivity contribution is 7.89. The number of nitrogens with one attached hydrogen (secondary N) is 1. The van der Waals surface area contributed by atoms with Crippen LogP contribution in [0.25, 0.3) is 0 Å². The van der Waals surface area contributed by atoms with Gasteiger partial charge in [0.2, 0.25) is 10.0 Å². The van der Waals surface area contributed by atoms with Gasteiger partial charge in [0.15, 0.2) is 0 Å². The molecule has 1 fully saturated rings. The Morgan fingerprint density at radius 3 is 2.23 bits per heavy atom. The predicted octanol–water partition coefficient (Wildman–Crippen LogP) is 4.63. The second-order valence-corrected chi connectivity index (χ2v) is 10.8. The largest absolute Gasteiger partial charge is 0.369 e. The molecule has 0 radical (unpaired) electrons. The van der Waals surface area contributed by atoms with Crippen molar-refractivity contribution >= 4 is 38.6 Å². The predicted molar refractivity (Wildman–Crippen MR) is 129 cm³/mol. The number of hydrogen-bond donors (Lipinski definition) is 1. The van der Waals surface area contributed by atoms with Gasteiger partial charge in [-0.1, -0.05) is 35.9 Å². The van der Waals surface area contributed by atoms with Crippen LogP contribution in [0.1, 0.15) is 17.8 Å². The normalized spacial score (nSPS) is 17.4. The van der Waals surface area contributed by atoms with Crippen molar-refractivity contribution in [3.8, 4) is 0 Å². The number of piperazine rings is 1. The lowest BCUT2D eigenvalue weighted by Gasteiger charge is -2.42. The van der Waals surface area contributed by atoms with Gasteiger partial charge in [-0.3, -0.25) is 4.90 Å². The molecule has 1 aliphatic rings. The fourth-order valence-electron chi connectivity index (χ4n) is 4.09. The summed E-state index contributed by atoms with van der Waals surface area (Å²) in [6, 6.07) is 20.5. The van der Waals surface area contributed by atoms with Crippen molar-refractivity contribution in [1.82, 2.24) is 9.62 Å². The van der Waals surface area contributed by atoms with Gasteiger partial charge >= 0.3 is 0 Å². The number of para-hydroxylation sites is 1. The van der Waals surface area contributed by atoms with Gasteiger partial charge in [0.1, 0.15) is 0 Å². The Morgan fingerprint density at radius 2 is 1.61 bits per heavy atom. The zero-order valence-corrected chi connectivity index (χ0v) is 19.7. The van der Waals surface area contributed by atoms with Gasteiger partial charge in [-0.25, -0.2) is 13.1 Å². The molecule has 1 aromatic heterocycles. The van der Waals surface area contributed by atoms with Crippen LogP contribution in [-0.2, 0) is 10.0 Å². The van der Waals surface area contributed by atoms with Gasteiger partial charge in [-0.05, 0) is 54.8 Å². The number of nitrogens with zero attached hydrogens (tertiary/aromatic N) is 2. The van der Waals surface area contributed by atoms with Gasteiger partial charge in [0.05, 0.1) is 10.9 Å². The molecular formula is C23H26ClN3O2S2. The number of halogens is 1. The minimum absolute atomic E-state index is 0.0278. The van der Waals surface area contributed by atoms with E-state index in [-0.39, 0.29) is 17.0 Å². The third-order valence-electron chi connectivity index (χ3n) is 5.60. The van der Waals surface area contributed by atoms with Gasteiger partial charge in [-0.2, -0.15) is 0 Å². The Kier molecular flexibility index (Phi) is 6.99. The summed E-state index contributed by atoms with van der Waals surface area (Å²) in [6.07, 6.45) is 0. The van der Waals surface area contributed by atoms with E-state index < -0.39 is 10.0 Å². The highest BCUT2D eigenvalue weighted by Crippen LogP contribution is 2.31. The zero-order chi connectivity index (χ0) is 21.8. The Bertz CT molecular complexity index is 1070. The zero-order valence-electron chi connectivity index (χ0n) is 17.3. The summed E-state index contributed by atoms with van der Waals surface area (Å²) < 4.78 is 28.8. The van der Waals surface area contributed by atoms with E-state index in [1.807, 2.05) is 24.4 Å². The lowest BCUT2D eigenvalue weighted by atomic mass is 10.1. The van der Waals surface area contributed by atoms with Crippen LogP contribution < -0.4 is 9.62 Å². The molecule has 164 valence electrons. The highest BCUT2D eigenvalue weighted by atomic mass is 35.5. The lowest BCUT2D eigenvalue weighted by Crippen LogP contribution is -2.52. The molecule has 0 spiro atoms. The van der Waals surface area contributed by atoms with E-state index in [9.17, 15) is 8.42 Å². The number of thiophene rings is 1.